The molecule has 0 bridgehead atoms. The van der Waals surface area contributed by atoms with Gasteiger partial charge in [-0.15, -0.1) is 11.8 Å². The first-order chi connectivity index (χ1) is 12.5. The molecule has 2 atom stereocenters. The summed E-state index contributed by atoms with van der Waals surface area (Å²) in [4.78, 5) is 7.89. The van der Waals surface area contributed by atoms with Gasteiger partial charge >= 0.3 is 12.1 Å². The van der Waals surface area contributed by atoms with Gasteiger partial charge in [-0.25, -0.2) is 8.93 Å². The van der Waals surface area contributed by atoms with E-state index in [1.165, 1.54) is 11.8 Å². The first kappa shape index (κ1) is 20.0. The van der Waals surface area contributed by atoms with Crippen LogP contribution >= 0.6 is 11.8 Å². The van der Waals surface area contributed by atoms with Gasteiger partial charge in [-0.05, 0) is 20.8 Å². The number of thioether (sulfide) groups is 1. The third kappa shape index (κ3) is 4.77. The minimum Gasteiger partial charge on any atom is -0.329 e. The molecule has 2 aromatic rings. The molecule has 0 saturated heterocycles. The number of benzene rings is 1. The van der Waals surface area contributed by atoms with Gasteiger partial charge < -0.3 is 4.52 Å². The van der Waals surface area contributed by atoms with Gasteiger partial charge in [0.15, 0.2) is 0 Å². The van der Waals surface area contributed by atoms with Crippen molar-refractivity contribution in [1.82, 2.24) is 14.9 Å². The largest absolute Gasteiger partial charge is 0.471 e. The van der Waals surface area contributed by atoms with Crippen LogP contribution in [0.4, 0.5) is 13.2 Å². The molecule has 0 radical (unpaired) electrons. The fraction of sp³-hybridized carbons (Fsp3) is 0.438. The zero-order chi connectivity index (χ0) is 19.8. The molecule has 0 fully saturated rings. The number of alkyl halides is 3. The summed E-state index contributed by atoms with van der Waals surface area (Å²) >= 11 is 1.52. The van der Waals surface area contributed by atoms with Crippen molar-refractivity contribution in [3.8, 4) is 11.4 Å². The monoisotopic (exact) mass is 418 g/mol. The molecule has 6 nitrogen and oxygen atoms in total. The van der Waals surface area contributed by atoms with Gasteiger partial charge in [-0.1, -0.05) is 29.4 Å². The molecule has 0 spiro atoms. The van der Waals surface area contributed by atoms with Gasteiger partial charge in [-0.3, -0.25) is 4.99 Å². The van der Waals surface area contributed by atoms with E-state index in [9.17, 15) is 17.4 Å². The Labute approximate surface area is 160 Å². The minimum absolute atomic E-state index is 0.130. The second-order valence-electron chi connectivity index (χ2n) is 6.76. The summed E-state index contributed by atoms with van der Waals surface area (Å²) in [5.74, 6) is -0.855. The van der Waals surface area contributed by atoms with Crippen molar-refractivity contribution < 1.29 is 21.9 Å². The molecular weight excluding hydrogens is 401 g/mol. The average Bonchev–Trinajstić information content (AvgIpc) is 3.23. The molecule has 3 rings (SSSR count). The Balaban J connectivity index is 1.71. The van der Waals surface area contributed by atoms with Crippen LogP contribution in [0.25, 0.3) is 11.4 Å². The number of hydrogen-bond donors (Lipinski definition) is 1. The first-order valence-corrected chi connectivity index (χ1v) is 10.1. The molecule has 1 N–H and O–H groups in total. The molecule has 0 amide bonds. The van der Waals surface area contributed by atoms with Crippen LogP contribution in [0.5, 0.6) is 0 Å². The summed E-state index contributed by atoms with van der Waals surface area (Å²) in [6.45, 7) is 5.64. The van der Waals surface area contributed by atoms with Crippen LogP contribution in [0.1, 0.15) is 32.2 Å². The molecule has 27 heavy (non-hydrogen) atoms. The van der Waals surface area contributed by atoms with E-state index in [1.807, 2.05) is 20.8 Å². The van der Waals surface area contributed by atoms with Crippen LogP contribution in [0.3, 0.4) is 0 Å². The third-order valence-corrected chi connectivity index (χ3v) is 6.20. The summed E-state index contributed by atoms with van der Waals surface area (Å²) in [5, 5.41) is 4.13. The van der Waals surface area contributed by atoms with Gasteiger partial charge in [0.1, 0.15) is 6.17 Å². The standard InChI is InChI=1S/C16H17F3N4O2S2/c1-15(2,3)27(24)23-11-8-26-13(20-11)10-6-4-9(5-7-10)12-21-14(25-22-12)16(17,18)19/h4-7,11,23H,8H2,1-3H3. The number of hydrogen-bond acceptors (Lipinski definition) is 6. The molecule has 11 heteroatoms. The van der Waals surface area contributed by atoms with Crippen LogP contribution in [0.2, 0.25) is 0 Å². The van der Waals surface area contributed by atoms with Crippen LogP contribution in [-0.2, 0) is 17.2 Å². The SMILES string of the molecule is CC(C)(C)S(=O)NC1CSC(c2ccc(-c3noc(C(F)(F)F)n3)cc2)=N1. The highest BCUT2D eigenvalue weighted by molar-refractivity contribution is 8.14. The maximum atomic E-state index is 12.5. The molecule has 2 heterocycles. The predicted molar refractivity (Wildman–Crippen MR) is 98.6 cm³/mol. The van der Waals surface area contributed by atoms with Gasteiger partial charge in [0.2, 0.25) is 5.82 Å². The van der Waals surface area contributed by atoms with Crippen molar-refractivity contribution in [2.24, 2.45) is 4.99 Å². The lowest BCUT2D eigenvalue weighted by atomic mass is 10.1. The van der Waals surface area contributed by atoms with E-state index in [0.717, 1.165) is 10.6 Å². The lowest BCUT2D eigenvalue weighted by molar-refractivity contribution is -0.159. The molecule has 1 aromatic heterocycles. The number of aliphatic imine (C=N–C) groups is 1. The molecular formula is C16H17F3N4O2S2. The lowest BCUT2D eigenvalue weighted by Crippen LogP contribution is -2.39. The maximum Gasteiger partial charge on any atom is 0.471 e. The van der Waals surface area contributed by atoms with E-state index >= 15 is 0 Å². The molecule has 0 aliphatic carbocycles. The van der Waals surface area contributed by atoms with Crippen molar-refractivity contribution in [1.29, 1.82) is 0 Å². The van der Waals surface area contributed by atoms with E-state index < -0.39 is 23.1 Å². The summed E-state index contributed by atoms with van der Waals surface area (Å²) in [6.07, 6.45) is -4.92. The summed E-state index contributed by atoms with van der Waals surface area (Å²) in [6, 6.07) is 6.68. The predicted octanol–water partition coefficient (Wildman–Crippen LogP) is 3.63. The Hall–Kier alpha value is -1.72. The summed E-state index contributed by atoms with van der Waals surface area (Å²) < 4.78 is 56.6. The minimum atomic E-state index is -4.67. The number of halogens is 3. The second-order valence-corrected chi connectivity index (χ2v) is 9.76. The highest BCUT2D eigenvalue weighted by Gasteiger charge is 2.38. The molecule has 2 unspecified atom stereocenters. The van der Waals surface area contributed by atoms with E-state index in [-0.39, 0.29) is 16.7 Å². The van der Waals surface area contributed by atoms with Crippen molar-refractivity contribution in [3.63, 3.8) is 0 Å². The van der Waals surface area contributed by atoms with Crippen LogP contribution in [-0.4, -0.2) is 36.1 Å². The Bertz CT molecular complexity index is 873. The highest BCUT2D eigenvalue weighted by atomic mass is 32.2. The quantitative estimate of drug-likeness (QED) is 0.820. The number of aromatic nitrogens is 2. The molecule has 146 valence electrons. The van der Waals surface area contributed by atoms with Crippen molar-refractivity contribution in [2.75, 3.05) is 5.75 Å². The van der Waals surface area contributed by atoms with Crippen LogP contribution in [0.15, 0.2) is 33.8 Å². The van der Waals surface area contributed by atoms with E-state index in [4.69, 9.17) is 0 Å². The highest BCUT2D eigenvalue weighted by Crippen LogP contribution is 2.30. The molecule has 0 saturated carbocycles. The van der Waals surface area contributed by atoms with Crippen LogP contribution < -0.4 is 4.72 Å². The third-order valence-electron chi connectivity index (χ3n) is 3.51. The zero-order valence-electron chi connectivity index (χ0n) is 14.7. The number of rotatable bonds is 4. The zero-order valence-corrected chi connectivity index (χ0v) is 16.3. The van der Waals surface area contributed by atoms with Crippen molar-refractivity contribution in [3.05, 3.63) is 35.7 Å². The first-order valence-electron chi connectivity index (χ1n) is 7.94. The fourth-order valence-corrected chi connectivity index (χ4v) is 3.93. The molecule has 1 aliphatic heterocycles. The molecule has 1 aliphatic rings. The summed E-state index contributed by atoms with van der Waals surface area (Å²) in [5.41, 5.74) is 1.22. The number of nitrogens with zero attached hydrogens (tertiary/aromatic N) is 3. The Morgan fingerprint density at radius 3 is 2.37 bits per heavy atom. The van der Waals surface area contributed by atoms with Gasteiger partial charge in [0.25, 0.3) is 0 Å². The fourth-order valence-electron chi connectivity index (χ4n) is 2.11. The lowest BCUT2D eigenvalue weighted by Gasteiger charge is -2.19. The number of nitrogens with one attached hydrogen (secondary N) is 1. The van der Waals surface area contributed by atoms with E-state index in [1.54, 1.807) is 24.3 Å². The van der Waals surface area contributed by atoms with E-state index in [0.29, 0.717) is 11.3 Å². The smallest absolute Gasteiger partial charge is 0.329 e. The maximum absolute atomic E-state index is 12.5. The molecule has 1 aromatic carbocycles. The van der Waals surface area contributed by atoms with Crippen molar-refractivity contribution in [2.45, 2.75) is 37.9 Å². The second kappa shape index (κ2) is 7.36. The normalized spacial score (nSPS) is 19.2. The Morgan fingerprint density at radius 2 is 1.81 bits per heavy atom. The Morgan fingerprint density at radius 1 is 1.19 bits per heavy atom. The average molecular weight is 418 g/mol. The van der Waals surface area contributed by atoms with Gasteiger partial charge in [0.05, 0.1) is 20.8 Å². The topological polar surface area (TPSA) is 80.4 Å². The van der Waals surface area contributed by atoms with E-state index in [2.05, 4.69) is 24.4 Å². The Kier molecular flexibility index (Phi) is 5.46. The van der Waals surface area contributed by atoms with Gasteiger partial charge in [-0.2, -0.15) is 18.2 Å². The van der Waals surface area contributed by atoms with Crippen molar-refractivity contribution >= 4 is 27.8 Å². The summed E-state index contributed by atoms with van der Waals surface area (Å²) in [7, 11) is -1.22. The van der Waals surface area contributed by atoms with Gasteiger partial charge in [0, 0.05) is 16.9 Å². The van der Waals surface area contributed by atoms with Crippen LogP contribution in [0, 0.1) is 0 Å².